The molecule has 0 saturated carbocycles. The van der Waals surface area contributed by atoms with E-state index >= 15 is 0 Å². The number of halogens is 1. The number of carbonyl (C=O) groups excluding carboxylic acids is 2. The Kier molecular flexibility index (Phi) is 3.36. The van der Waals surface area contributed by atoms with Crippen molar-refractivity contribution in [3.8, 4) is 0 Å². The topological polar surface area (TPSA) is 55.4 Å². The normalized spacial score (nSPS) is 15.3. The van der Waals surface area contributed by atoms with Crippen molar-refractivity contribution in [1.82, 2.24) is 0 Å². The van der Waals surface area contributed by atoms with Crippen LogP contribution in [0.15, 0.2) is 22.7 Å². The number of benzene rings is 1. The van der Waals surface area contributed by atoms with Crippen molar-refractivity contribution in [1.29, 1.82) is 0 Å². The van der Waals surface area contributed by atoms with Gasteiger partial charge in [-0.05, 0) is 18.2 Å². The fraction of sp³-hybridized carbons (Fsp3) is 0.273. The highest BCUT2D eigenvalue weighted by molar-refractivity contribution is 9.10. The van der Waals surface area contributed by atoms with Gasteiger partial charge in [-0.15, -0.1) is 0 Å². The number of aldehydes is 1. The fourth-order valence-electron chi connectivity index (χ4n) is 1.36. The molecule has 1 heterocycles. The molecule has 1 saturated heterocycles. The molecule has 0 bridgehead atoms. The first-order chi connectivity index (χ1) is 7.70. The van der Waals surface area contributed by atoms with Gasteiger partial charge in [-0.25, -0.2) is 0 Å². The molecule has 5 heteroatoms. The summed E-state index contributed by atoms with van der Waals surface area (Å²) in [5.74, 6) is -0.203. The zero-order valence-electron chi connectivity index (χ0n) is 8.40. The molecule has 0 unspecified atom stereocenters. The molecule has 2 rings (SSSR count). The van der Waals surface area contributed by atoms with Crippen LogP contribution in [-0.4, -0.2) is 25.4 Å². The maximum atomic E-state index is 11.7. The highest BCUT2D eigenvalue weighted by Gasteiger charge is 2.26. The second-order valence-electron chi connectivity index (χ2n) is 3.57. The third-order valence-corrected chi connectivity index (χ3v) is 2.90. The molecule has 16 heavy (non-hydrogen) atoms. The minimum Gasteiger partial charge on any atom is -0.380 e. The van der Waals surface area contributed by atoms with Gasteiger partial charge in [-0.1, -0.05) is 15.9 Å². The summed E-state index contributed by atoms with van der Waals surface area (Å²) in [4.78, 5) is 22.4. The monoisotopic (exact) mass is 283 g/mol. The largest absolute Gasteiger partial charge is 0.380 e. The van der Waals surface area contributed by atoms with E-state index in [1.807, 2.05) is 0 Å². The van der Waals surface area contributed by atoms with Gasteiger partial charge < -0.3 is 10.1 Å². The SMILES string of the molecule is O=Cc1ccc(Br)cc1NC(=O)C1COC1. The number of amides is 1. The lowest BCUT2D eigenvalue weighted by Crippen LogP contribution is -2.38. The van der Waals surface area contributed by atoms with Gasteiger partial charge in [0.25, 0.3) is 0 Å². The van der Waals surface area contributed by atoms with Crippen molar-refractivity contribution in [3.63, 3.8) is 0 Å². The maximum Gasteiger partial charge on any atom is 0.232 e. The molecule has 1 fully saturated rings. The van der Waals surface area contributed by atoms with Crippen LogP contribution in [0.25, 0.3) is 0 Å². The first-order valence-electron chi connectivity index (χ1n) is 4.84. The zero-order valence-corrected chi connectivity index (χ0v) is 9.99. The van der Waals surface area contributed by atoms with Gasteiger partial charge in [-0.3, -0.25) is 9.59 Å². The van der Waals surface area contributed by atoms with Crippen LogP contribution >= 0.6 is 15.9 Å². The van der Waals surface area contributed by atoms with Crippen molar-refractivity contribution in [2.75, 3.05) is 18.5 Å². The molecule has 1 aliphatic heterocycles. The number of rotatable bonds is 3. The molecular formula is C11H10BrNO3. The highest BCUT2D eigenvalue weighted by Crippen LogP contribution is 2.21. The van der Waals surface area contributed by atoms with E-state index in [0.717, 1.165) is 10.8 Å². The smallest absolute Gasteiger partial charge is 0.232 e. The van der Waals surface area contributed by atoms with E-state index in [0.29, 0.717) is 24.5 Å². The Bertz CT molecular complexity index is 429. The van der Waals surface area contributed by atoms with Gasteiger partial charge >= 0.3 is 0 Å². The molecule has 84 valence electrons. The number of anilines is 1. The highest BCUT2D eigenvalue weighted by atomic mass is 79.9. The molecule has 4 nitrogen and oxygen atoms in total. The van der Waals surface area contributed by atoms with E-state index < -0.39 is 0 Å². The standard InChI is InChI=1S/C11H10BrNO3/c12-9-2-1-7(4-14)10(3-9)13-11(15)8-5-16-6-8/h1-4,8H,5-6H2,(H,13,15). The van der Waals surface area contributed by atoms with Crippen molar-refractivity contribution in [3.05, 3.63) is 28.2 Å². The van der Waals surface area contributed by atoms with E-state index in [1.54, 1.807) is 18.2 Å². The average Bonchev–Trinajstić information content (AvgIpc) is 2.15. The van der Waals surface area contributed by atoms with E-state index in [-0.39, 0.29) is 11.8 Å². The van der Waals surface area contributed by atoms with Gasteiger partial charge in [0, 0.05) is 10.0 Å². The van der Waals surface area contributed by atoms with E-state index in [1.165, 1.54) is 0 Å². The van der Waals surface area contributed by atoms with Crippen LogP contribution in [0, 0.1) is 5.92 Å². The number of ether oxygens (including phenoxy) is 1. The number of nitrogens with one attached hydrogen (secondary N) is 1. The second-order valence-corrected chi connectivity index (χ2v) is 4.49. The lowest BCUT2D eigenvalue weighted by Gasteiger charge is -2.25. The molecule has 1 aromatic carbocycles. The Hall–Kier alpha value is -1.20. The van der Waals surface area contributed by atoms with Crippen LogP contribution in [-0.2, 0) is 9.53 Å². The van der Waals surface area contributed by atoms with E-state index in [4.69, 9.17) is 4.74 Å². The first-order valence-corrected chi connectivity index (χ1v) is 5.63. The third-order valence-electron chi connectivity index (χ3n) is 2.41. The number of hydrogen-bond donors (Lipinski definition) is 1. The Morgan fingerprint density at radius 2 is 2.25 bits per heavy atom. The summed E-state index contributed by atoms with van der Waals surface area (Å²) in [6.45, 7) is 0.909. The van der Waals surface area contributed by atoms with Gasteiger partial charge in [0.05, 0.1) is 24.8 Å². The molecule has 1 N–H and O–H groups in total. The predicted octanol–water partition coefficient (Wildman–Crippen LogP) is 1.85. The fourth-order valence-corrected chi connectivity index (χ4v) is 1.72. The van der Waals surface area contributed by atoms with Crippen LogP contribution in [0.3, 0.4) is 0 Å². The van der Waals surface area contributed by atoms with Gasteiger partial charge in [0.2, 0.25) is 5.91 Å². The summed E-state index contributed by atoms with van der Waals surface area (Å²) in [6, 6.07) is 5.12. The Balaban J connectivity index is 2.15. The van der Waals surface area contributed by atoms with Crippen LogP contribution in [0.4, 0.5) is 5.69 Å². The first kappa shape index (κ1) is 11.3. The Morgan fingerprint density at radius 3 is 2.81 bits per heavy atom. The lowest BCUT2D eigenvalue weighted by atomic mass is 10.1. The van der Waals surface area contributed by atoms with Crippen LogP contribution in [0.1, 0.15) is 10.4 Å². The average molecular weight is 284 g/mol. The Labute approximate surface area is 101 Å². The Morgan fingerprint density at radius 1 is 1.50 bits per heavy atom. The van der Waals surface area contributed by atoms with Crippen molar-refractivity contribution < 1.29 is 14.3 Å². The summed E-state index contributed by atoms with van der Waals surface area (Å²) in [5, 5.41) is 2.72. The summed E-state index contributed by atoms with van der Waals surface area (Å²) >= 11 is 3.29. The van der Waals surface area contributed by atoms with Crippen molar-refractivity contribution >= 4 is 33.8 Å². The number of carbonyl (C=O) groups is 2. The molecule has 0 aliphatic carbocycles. The number of hydrogen-bond acceptors (Lipinski definition) is 3. The minimum absolute atomic E-state index is 0.0986. The maximum absolute atomic E-state index is 11.7. The molecule has 1 aromatic rings. The van der Waals surface area contributed by atoms with Gasteiger partial charge in [-0.2, -0.15) is 0 Å². The van der Waals surface area contributed by atoms with Crippen molar-refractivity contribution in [2.24, 2.45) is 5.92 Å². The summed E-state index contributed by atoms with van der Waals surface area (Å²) in [6.07, 6.45) is 0.722. The van der Waals surface area contributed by atoms with E-state index in [9.17, 15) is 9.59 Å². The summed E-state index contributed by atoms with van der Waals surface area (Å²) in [7, 11) is 0. The van der Waals surface area contributed by atoms with Crippen LogP contribution in [0.5, 0.6) is 0 Å². The molecule has 1 aliphatic rings. The van der Waals surface area contributed by atoms with E-state index in [2.05, 4.69) is 21.2 Å². The van der Waals surface area contributed by atoms with Crippen LogP contribution < -0.4 is 5.32 Å². The summed E-state index contributed by atoms with van der Waals surface area (Å²) in [5.41, 5.74) is 0.998. The minimum atomic E-state index is -0.104. The molecular weight excluding hydrogens is 274 g/mol. The second kappa shape index (κ2) is 4.76. The zero-order chi connectivity index (χ0) is 11.5. The third kappa shape index (κ3) is 2.31. The molecule has 0 atom stereocenters. The molecule has 0 spiro atoms. The van der Waals surface area contributed by atoms with Crippen LogP contribution in [0.2, 0.25) is 0 Å². The van der Waals surface area contributed by atoms with Crippen molar-refractivity contribution in [2.45, 2.75) is 0 Å². The van der Waals surface area contributed by atoms with Gasteiger partial charge in [0.15, 0.2) is 6.29 Å². The molecule has 1 amide bonds. The van der Waals surface area contributed by atoms with Gasteiger partial charge in [0.1, 0.15) is 0 Å². The summed E-state index contributed by atoms with van der Waals surface area (Å²) < 4.78 is 5.75. The molecule has 0 radical (unpaired) electrons. The lowest BCUT2D eigenvalue weighted by molar-refractivity contribution is -0.133. The molecule has 0 aromatic heterocycles. The predicted molar refractivity (Wildman–Crippen MR) is 62.5 cm³/mol. The quantitative estimate of drug-likeness (QED) is 0.862.